The van der Waals surface area contributed by atoms with Gasteiger partial charge in [-0.3, -0.25) is 0 Å². The zero-order valence-electron chi connectivity index (χ0n) is 23.6. The molecule has 0 saturated carbocycles. The third kappa shape index (κ3) is 13.0. The van der Waals surface area contributed by atoms with Gasteiger partial charge in [0.1, 0.15) is 0 Å². The Hall–Kier alpha value is 0.651. The number of rotatable bonds is 20. The molecule has 0 aliphatic rings. The molecule has 0 heterocycles. The summed E-state index contributed by atoms with van der Waals surface area (Å²) in [5.74, 6) is 0. The molecule has 0 aliphatic carbocycles. The summed E-state index contributed by atoms with van der Waals surface area (Å²) in [5, 5.41) is 0. The molecular formula is C24H54O7SiTi. The van der Waals surface area contributed by atoms with Gasteiger partial charge in [0.2, 0.25) is 0 Å². The van der Waals surface area contributed by atoms with Crippen molar-refractivity contribution in [2.45, 2.75) is 158 Å². The second-order valence-electron chi connectivity index (χ2n) is 9.12. The predicted octanol–water partition coefficient (Wildman–Crippen LogP) is 7.14. The predicted molar refractivity (Wildman–Crippen MR) is 132 cm³/mol. The summed E-state index contributed by atoms with van der Waals surface area (Å²) in [6.45, 7) is 24.6. The van der Waals surface area contributed by atoms with E-state index in [9.17, 15) is 0 Å². The second kappa shape index (κ2) is 17.2. The topological polar surface area (TPSA) is 64.6 Å². The molecule has 0 N–H and O–H groups in total. The average Bonchev–Trinajstić information content (AvgIpc) is 2.77. The standard InChI is InChI=1S/C12H27O4Si.3C4H9O.Ti/c1-7-10(4)14-17(13,15-11(5)8-2)16-12(6)9-3;3*1-3-4(2)5;/h10-12H,7-9H2,1-6H3;3*4H,3H2,1-2H3;/q4*-1;+4. The Labute approximate surface area is 211 Å². The molecule has 0 aliphatic heterocycles. The zero-order chi connectivity index (χ0) is 25.7. The Balaban J connectivity index is 6.63. The van der Waals surface area contributed by atoms with Crippen molar-refractivity contribution in [3.63, 3.8) is 0 Å². The van der Waals surface area contributed by atoms with Crippen molar-refractivity contribution >= 4 is 9.05 Å². The van der Waals surface area contributed by atoms with Crippen molar-refractivity contribution in [1.29, 1.82) is 0 Å². The maximum atomic E-state index is 6.85. The van der Waals surface area contributed by atoms with Crippen LogP contribution in [0.1, 0.15) is 122 Å². The van der Waals surface area contributed by atoms with Gasteiger partial charge >= 0.3 is 212 Å². The summed E-state index contributed by atoms with van der Waals surface area (Å²) in [7, 11) is -3.71. The molecule has 6 atom stereocenters. The Morgan fingerprint density at radius 1 is 0.455 bits per heavy atom. The Bertz CT molecular complexity index is 395. The van der Waals surface area contributed by atoms with Crippen LogP contribution in [0.3, 0.4) is 0 Å². The van der Waals surface area contributed by atoms with Gasteiger partial charge in [0.05, 0.1) is 0 Å². The Morgan fingerprint density at radius 3 is 0.909 bits per heavy atom. The Morgan fingerprint density at radius 2 is 0.697 bits per heavy atom. The van der Waals surface area contributed by atoms with Crippen LogP contribution in [0.5, 0.6) is 0 Å². The first kappa shape index (κ1) is 33.7. The van der Waals surface area contributed by atoms with Crippen LogP contribution in [0.2, 0.25) is 0 Å². The quantitative estimate of drug-likeness (QED) is 0.155. The van der Waals surface area contributed by atoms with E-state index in [4.69, 9.17) is 26.2 Å². The maximum absolute atomic E-state index is 6.85. The van der Waals surface area contributed by atoms with E-state index in [0.717, 1.165) is 38.5 Å². The van der Waals surface area contributed by atoms with E-state index in [1.54, 1.807) is 0 Å². The van der Waals surface area contributed by atoms with Gasteiger partial charge in [0.25, 0.3) is 0 Å². The van der Waals surface area contributed by atoms with E-state index in [2.05, 4.69) is 41.5 Å². The third-order valence-corrected chi connectivity index (χ3v) is 13.9. The molecule has 0 aromatic heterocycles. The van der Waals surface area contributed by atoms with Gasteiger partial charge in [0, 0.05) is 0 Å². The van der Waals surface area contributed by atoms with Crippen molar-refractivity contribution in [2.24, 2.45) is 0 Å². The normalized spacial score (nSPS) is 21.5. The van der Waals surface area contributed by atoms with E-state index in [0.29, 0.717) is 0 Å². The van der Waals surface area contributed by atoms with Crippen LogP contribution in [0.15, 0.2) is 0 Å². The summed E-state index contributed by atoms with van der Waals surface area (Å²) in [4.78, 5) is 0. The van der Waals surface area contributed by atoms with Crippen LogP contribution in [0.4, 0.5) is 0 Å². The van der Waals surface area contributed by atoms with Crippen molar-refractivity contribution in [1.82, 2.24) is 0 Å². The van der Waals surface area contributed by atoms with Crippen LogP contribution in [0.25, 0.3) is 0 Å². The molecule has 0 fully saturated rings. The molecule has 33 heavy (non-hydrogen) atoms. The van der Waals surface area contributed by atoms with Crippen molar-refractivity contribution in [3.05, 3.63) is 0 Å². The van der Waals surface area contributed by atoms with Gasteiger partial charge in [-0.25, -0.2) is 0 Å². The minimum atomic E-state index is -4.41. The fourth-order valence-electron chi connectivity index (χ4n) is 2.44. The van der Waals surface area contributed by atoms with Crippen LogP contribution in [0, 0.1) is 0 Å². The first-order valence-corrected chi connectivity index (χ1v) is 17.4. The van der Waals surface area contributed by atoms with Gasteiger partial charge in [-0.2, -0.15) is 0 Å². The van der Waals surface area contributed by atoms with Gasteiger partial charge in [-0.05, 0) is 0 Å². The summed E-state index contributed by atoms with van der Waals surface area (Å²) in [6.07, 6.45) is 4.21. The molecule has 9 heteroatoms. The van der Waals surface area contributed by atoms with E-state index < -0.39 is 27.2 Å². The Kier molecular flexibility index (Phi) is 17.5. The van der Waals surface area contributed by atoms with Gasteiger partial charge in [0.15, 0.2) is 0 Å². The molecule has 0 bridgehead atoms. The molecular weight excluding hydrogens is 476 g/mol. The number of hydrogen-bond acceptors (Lipinski definition) is 7. The average molecular weight is 531 g/mol. The van der Waals surface area contributed by atoms with E-state index >= 15 is 0 Å². The molecule has 200 valence electrons. The van der Waals surface area contributed by atoms with Crippen LogP contribution >= 0.6 is 0 Å². The molecule has 6 unspecified atom stereocenters. The van der Waals surface area contributed by atoms with Gasteiger partial charge in [-0.15, -0.1) is 0 Å². The van der Waals surface area contributed by atoms with Crippen molar-refractivity contribution in [2.75, 3.05) is 0 Å². The molecule has 0 rings (SSSR count). The zero-order valence-corrected chi connectivity index (χ0v) is 26.1. The second-order valence-corrected chi connectivity index (χ2v) is 14.7. The SMILES string of the molecule is CCC(C)O[Si](OC(C)CC)(OC(C)CC)[O][Ti]([O]C(C)CC)([O]C(C)CC)[O]C(C)CC. The van der Waals surface area contributed by atoms with Gasteiger partial charge < -0.3 is 0 Å². The summed E-state index contributed by atoms with van der Waals surface area (Å²) >= 11 is -4.41. The van der Waals surface area contributed by atoms with Gasteiger partial charge in [-0.1, -0.05) is 0 Å². The first-order valence-electron chi connectivity index (χ1n) is 13.2. The third-order valence-electron chi connectivity index (χ3n) is 5.77. The van der Waals surface area contributed by atoms with Crippen LogP contribution < -0.4 is 0 Å². The molecule has 0 amide bonds. The molecule has 0 aromatic carbocycles. The van der Waals surface area contributed by atoms with E-state index in [1.165, 1.54) is 0 Å². The fraction of sp³-hybridized carbons (Fsp3) is 1.00. The molecule has 0 aromatic rings. The van der Waals surface area contributed by atoms with Crippen molar-refractivity contribution in [3.8, 4) is 0 Å². The molecule has 0 saturated heterocycles. The summed E-state index contributed by atoms with van der Waals surface area (Å²) < 4.78 is 46.0. The van der Waals surface area contributed by atoms with E-state index in [-0.39, 0.29) is 36.6 Å². The van der Waals surface area contributed by atoms with Crippen molar-refractivity contribution < 1.29 is 44.4 Å². The monoisotopic (exact) mass is 530 g/mol. The molecule has 0 radical (unpaired) electrons. The summed E-state index contributed by atoms with van der Waals surface area (Å²) in [6, 6.07) is 0. The van der Waals surface area contributed by atoms with Crippen LogP contribution in [-0.4, -0.2) is 45.7 Å². The molecule has 0 spiro atoms. The van der Waals surface area contributed by atoms with Crippen LogP contribution in [-0.2, 0) is 44.4 Å². The fourth-order valence-corrected chi connectivity index (χ4v) is 11.3. The molecule has 7 nitrogen and oxygen atoms in total. The minimum absolute atomic E-state index is 0.0967. The van der Waals surface area contributed by atoms with E-state index in [1.807, 2.05) is 41.5 Å². The first-order chi connectivity index (χ1) is 15.4. The number of hydrogen-bond donors (Lipinski definition) is 0. The summed E-state index contributed by atoms with van der Waals surface area (Å²) in [5.41, 5.74) is 0.